The van der Waals surface area contributed by atoms with Gasteiger partial charge in [-0.2, -0.15) is 0 Å². The topological polar surface area (TPSA) is 20.2 Å². The number of aliphatic hydroxyl groups excluding tert-OH is 1. The van der Waals surface area contributed by atoms with Crippen molar-refractivity contribution in [3.8, 4) is 0 Å². The standard InChI is InChI=1S/C8H7ClFO/c1-5(11)6-2-7(9)4-8(10)3-6/h2-4,11H,1H3. The van der Waals surface area contributed by atoms with E-state index in [0.29, 0.717) is 5.56 Å². The summed E-state index contributed by atoms with van der Waals surface area (Å²) in [6, 6.07) is 3.91. The van der Waals surface area contributed by atoms with Gasteiger partial charge in [0.2, 0.25) is 0 Å². The van der Waals surface area contributed by atoms with Crippen LogP contribution in [0, 0.1) is 11.9 Å². The fourth-order valence-electron chi connectivity index (χ4n) is 0.763. The van der Waals surface area contributed by atoms with Gasteiger partial charge in [-0.1, -0.05) is 11.6 Å². The zero-order chi connectivity index (χ0) is 8.43. The molecule has 0 aromatic heterocycles. The van der Waals surface area contributed by atoms with Crippen molar-refractivity contribution in [3.63, 3.8) is 0 Å². The van der Waals surface area contributed by atoms with Crippen LogP contribution >= 0.6 is 11.6 Å². The molecule has 0 saturated carbocycles. The van der Waals surface area contributed by atoms with E-state index in [1.807, 2.05) is 0 Å². The Morgan fingerprint density at radius 3 is 2.55 bits per heavy atom. The predicted molar refractivity (Wildman–Crippen MR) is 41.4 cm³/mol. The number of benzene rings is 1. The summed E-state index contributed by atoms with van der Waals surface area (Å²) in [5.74, 6) is -0.444. The smallest absolute Gasteiger partial charge is 0.125 e. The predicted octanol–water partition coefficient (Wildman–Crippen LogP) is 2.75. The van der Waals surface area contributed by atoms with Crippen LogP contribution in [0.5, 0.6) is 0 Å². The lowest BCUT2D eigenvalue weighted by molar-refractivity contribution is 0.340. The van der Waals surface area contributed by atoms with Gasteiger partial charge >= 0.3 is 0 Å². The van der Waals surface area contributed by atoms with Crippen LogP contribution in [0.15, 0.2) is 18.2 Å². The van der Waals surface area contributed by atoms with Crippen LogP contribution in [-0.4, -0.2) is 5.11 Å². The molecular weight excluding hydrogens is 167 g/mol. The minimum atomic E-state index is -0.444. The Balaban J connectivity index is 3.08. The van der Waals surface area contributed by atoms with Crippen LogP contribution in [0.1, 0.15) is 12.5 Å². The van der Waals surface area contributed by atoms with E-state index >= 15 is 0 Å². The zero-order valence-electron chi connectivity index (χ0n) is 5.94. The molecule has 1 nitrogen and oxygen atoms in total. The number of aliphatic hydroxyl groups is 1. The molecule has 11 heavy (non-hydrogen) atoms. The second kappa shape index (κ2) is 3.20. The summed E-state index contributed by atoms with van der Waals surface area (Å²) in [7, 11) is 0. The fourth-order valence-corrected chi connectivity index (χ4v) is 0.985. The average molecular weight is 174 g/mol. The molecular formula is C8H7ClFO. The summed E-state index contributed by atoms with van der Waals surface area (Å²) >= 11 is 5.53. The maximum absolute atomic E-state index is 12.6. The van der Waals surface area contributed by atoms with E-state index < -0.39 is 5.82 Å². The van der Waals surface area contributed by atoms with Crippen molar-refractivity contribution >= 4 is 11.6 Å². The molecule has 59 valence electrons. The van der Waals surface area contributed by atoms with Gasteiger partial charge in [-0.05, 0) is 30.7 Å². The third-order valence-electron chi connectivity index (χ3n) is 1.28. The van der Waals surface area contributed by atoms with E-state index in [4.69, 9.17) is 16.7 Å². The van der Waals surface area contributed by atoms with Crippen LogP contribution in [0.4, 0.5) is 4.39 Å². The number of hydrogen-bond acceptors (Lipinski definition) is 1. The quantitative estimate of drug-likeness (QED) is 0.693. The molecule has 0 saturated heterocycles. The molecule has 1 aromatic carbocycles. The van der Waals surface area contributed by atoms with Crippen LogP contribution in [0.2, 0.25) is 5.02 Å². The lowest BCUT2D eigenvalue weighted by Crippen LogP contribution is -1.92. The Kier molecular flexibility index (Phi) is 2.47. The highest BCUT2D eigenvalue weighted by Gasteiger charge is 2.04. The van der Waals surface area contributed by atoms with E-state index in [0.717, 1.165) is 0 Å². The molecule has 0 fully saturated rings. The monoisotopic (exact) mass is 173 g/mol. The molecule has 0 bridgehead atoms. The first-order chi connectivity index (χ1) is 5.09. The lowest BCUT2D eigenvalue weighted by atomic mass is 10.1. The van der Waals surface area contributed by atoms with Crippen molar-refractivity contribution in [1.82, 2.24) is 0 Å². The minimum absolute atomic E-state index is 0.0615. The van der Waals surface area contributed by atoms with E-state index in [1.165, 1.54) is 25.1 Å². The van der Waals surface area contributed by atoms with Crippen molar-refractivity contribution < 1.29 is 9.50 Å². The first-order valence-corrected chi connectivity index (χ1v) is 3.46. The molecule has 0 spiro atoms. The SMILES string of the molecule is C[C](O)c1cc(F)cc(Cl)c1. The third-order valence-corrected chi connectivity index (χ3v) is 1.50. The number of rotatable bonds is 1. The van der Waals surface area contributed by atoms with Crippen LogP contribution in [0.3, 0.4) is 0 Å². The Morgan fingerprint density at radius 2 is 2.09 bits per heavy atom. The lowest BCUT2D eigenvalue weighted by Gasteiger charge is -2.02. The van der Waals surface area contributed by atoms with Crippen molar-refractivity contribution in [3.05, 3.63) is 40.7 Å². The van der Waals surface area contributed by atoms with Gasteiger partial charge in [0.05, 0.1) is 0 Å². The fraction of sp³-hybridized carbons (Fsp3) is 0.125. The third kappa shape index (κ3) is 2.17. The molecule has 1 aromatic rings. The molecule has 0 aliphatic carbocycles. The number of hydrogen-bond donors (Lipinski definition) is 1. The Hall–Kier alpha value is -0.600. The Bertz CT molecular complexity index is 240. The normalized spacial score (nSPS) is 10.6. The van der Waals surface area contributed by atoms with E-state index in [-0.39, 0.29) is 11.1 Å². The molecule has 1 rings (SSSR count). The van der Waals surface area contributed by atoms with Gasteiger partial charge in [0.25, 0.3) is 0 Å². The maximum atomic E-state index is 12.6. The minimum Gasteiger partial charge on any atom is -0.382 e. The second-order valence-electron chi connectivity index (χ2n) is 2.24. The summed E-state index contributed by atoms with van der Waals surface area (Å²) in [6.07, 6.45) is 0.0615. The molecule has 1 N–H and O–H groups in total. The van der Waals surface area contributed by atoms with Crippen molar-refractivity contribution in [2.24, 2.45) is 0 Å². The van der Waals surface area contributed by atoms with Gasteiger partial charge in [-0.25, -0.2) is 4.39 Å². The highest BCUT2D eigenvalue weighted by Crippen LogP contribution is 2.18. The Morgan fingerprint density at radius 1 is 1.45 bits per heavy atom. The molecule has 0 unspecified atom stereocenters. The first-order valence-electron chi connectivity index (χ1n) is 3.08. The summed E-state index contributed by atoms with van der Waals surface area (Å²) < 4.78 is 12.6. The highest BCUT2D eigenvalue weighted by molar-refractivity contribution is 6.30. The van der Waals surface area contributed by atoms with Crippen molar-refractivity contribution in [2.45, 2.75) is 6.92 Å². The summed E-state index contributed by atoms with van der Waals surface area (Å²) in [5, 5.41) is 9.25. The second-order valence-corrected chi connectivity index (χ2v) is 2.68. The zero-order valence-corrected chi connectivity index (χ0v) is 6.69. The van der Waals surface area contributed by atoms with Crippen LogP contribution in [0.25, 0.3) is 0 Å². The van der Waals surface area contributed by atoms with E-state index in [2.05, 4.69) is 0 Å². The van der Waals surface area contributed by atoms with Crippen LogP contribution < -0.4 is 0 Å². The summed E-state index contributed by atoms with van der Waals surface area (Å²) in [6.45, 7) is 1.48. The largest absolute Gasteiger partial charge is 0.382 e. The van der Waals surface area contributed by atoms with Gasteiger partial charge in [0.15, 0.2) is 0 Å². The van der Waals surface area contributed by atoms with Crippen LogP contribution in [-0.2, 0) is 0 Å². The maximum Gasteiger partial charge on any atom is 0.125 e. The highest BCUT2D eigenvalue weighted by atomic mass is 35.5. The van der Waals surface area contributed by atoms with Gasteiger partial charge < -0.3 is 5.11 Å². The molecule has 0 amide bonds. The number of halogens is 2. The van der Waals surface area contributed by atoms with E-state index in [1.54, 1.807) is 0 Å². The Labute approximate surface area is 69.4 Å². The van der Waals surface area contributed by atoms with Gasteiger partial charge in [0.1, 0.15) is 11.9 Å². The summed E-state index contributed by atoms with van der Waals surface area (Å²) in [4.78, 5) is 0. The summed E-state index contributed by atoms with van der Waals surface area (Å²) in [5.41, 5.74) is 0.412. The molecule has 0 atom stereocenters. The van der Waals surface area contributed by atoms with Crippen molar-refractivity contribution in [1.29, 1.82) is 0 Å². The van der Waals surface area contributed by atoms with Gasteiger partial charge in [-0.15, -0.1) is 0 Å². The molecule has 3 heteroatoms. The average Bonchev–Trinajstić information content (AvgIpc) is 1.85. The molecule has 0 aliphatic heterocycles. The van der Waals surface area contributed by atoms with Crippen molar-refractivity contribution in [2.75, 3.05) is 0 Å². The van der Waals surface area contributed by atoms with E-state index in [9.17, 15) is 4.39 Å². The molecule has 0 heterocycles. The molecule has 1 radical (unpaired) electrons. The van der Waals surface area contributed by atoms with Gasteiger partial charge in [0, 0.05) is 5.02 Å². The first kappa shape index (κ1) is 8.50. The van der Waals surface area contributed by atoms with Gasteiger partial charge in [-0.3, -0.25) is 0 Å². The molecule has 0 aliphatic rings.